The topological polar surface area (TPSA) is 63.2 Å². The molecule has 0 saturated heterocycles. The van der Waals surface area contributed by atoms with Gasteiger partial charge in [-0.25, -0.2) is 8.42 Å². The molecule has 0 aliphatic heterocycles. The van der Waals surface area contributed by atoms with E-state index in [9.17, 15) is 13.2 Å². The first-order chi connectivity index (χ1) is 9.71. The van der Waals surface area contributed by atoms with Crippen LogP contribution in [0.3, 0.4) is 0 Å². The number of hydrogen-bond donors (Lipinski definition) is 1. The monoisotopic (exact) mass is 369 g/mol. The van der Waals surface area contributed by atoms with E-state index < -0.39 is 9.05 Å². The summed E-state index contributed by atoms with van der Waals surface area (Å²) in [4.78, 5) is 12.0. The average molecular weight is 371 g/mol. The van der Waals surface area contributed by atoms with Gasteiger partial charge < -0.3 is 5.32 Å². The molecule has 0 bridgehead atoms. The second-order valence-electron chi connectivity index (χ2n) is 5.08. The minimum Gasteiger partial charge on any atom is -0.323 e. The summed E-state index contributed by atoms with van der Waals surface area (Å²) < 4.78 is 22.9. The SMILES string of the molecule is Cc1c(S(=O)(=O)Cl)cc(Cl)c(NC(=O)C2CCCC2)c1Cl. The van der Waals surface area contributed by atoms with Crippen molar-refractivity contribution in [2.45, 2.75) is 37.5 Å². The highest BCUT2D eigenvalue weighted by molar-refractivity contribution is 8.13. The van der Waals surface area contributed by atoms with Crippen molar-refractivity contribution in [2.75, 3.05) is 5.32 Å². The van der Waals surface area contributed by atoms with E-state index in [1.807, 2.05) is 0 Å². The molecular weight excluding hydrogens is 357 g/mol. The first-order valence-electron chi connectivity index (χ1n) is 6.46. The molecule has 0 unspecified atom stereocenters. The molecular formula is C13H14Cl3NO3S. The van der Waals surface area contributed by atoms with Gasteiger partial charge in [-0.3, -0.25) is 4.79 Å². The normalized spacial score (nSPS) is 16.2. The first-order valence-corrected chi connectivity index (χ1v) is 9.52. The lowest BCUT2D eigenvalue weighted by Crippen LogP contribution is -2.21. The molecule has 1 amide bonds. The largest absolute Gasteiger partial charge is 0.323 e. The van der Waals surface area contributed by atoms with Crippen LogP contribution in [-0.2, 0) is 13.8 Å². The fourth-order valence-electron chi connectivity index (χ4n) is 2.48. The second-order valence-corrected chi connectivity index (χ2v) is 8.40. The number of carbonyl (C=O) groups excluding carboxylic acids is 1. The van der Waals surface area contributed by atoms with Crippen LogP contribution in [0.15, 0.2) is 11.0 Å². The number of anilines is 1. The number of benzene rings is 1. The van der Waals surface area contributed by atoms with Gasteiger partial charge >= 0.3 is 0 Å². The lowest BCUT2D eigenvalue weighted by Gasteiger charge is -2.16. The van der Waals surface area contributed by atoms with Crippen molar-refractivity contribution in [3.8, 4) is 0 Å². The third-order valence-corrected chi connectivity index (χ3v) is 5.87. The smallest absolute Gasteiger partial charge is 0.261 e. The zero-order chi connectivity index (χ0) is 15.8. The maximum absolute atomic E-state index is 12.1. The average Bonchev–Trinajstić information content (AvgIpc) is 2.91. The summed E-state index contributed by atoms with van der Waals surface area (Å²) in [6.07, 6.45) is 3.74. The van der Waals surface area contributed by atoms with Crippen molar-refractivity contribution in [1.82, 2.24) is 0 Å². The molecule has 0 heterocycles. The molecule has 0 aromatic heterocycles. The molecule has 4 nitrogen and oxygen atoms in total. The third kappa shape index (κ3) is 3.65. The van der Waals surface area contributed by atoms with Crippen LogP contribution in [0.1, 0.15) is 31.2 Å². The molecule has 1 saturated carbocycles. The Morgan fingerprint density at radius 1 is 1.29 bits per heavy atom. The Morgan fingerprint density at radius 2 is 1.86 bits per heavy atom. The van der Waals surface area contributed by atoms with Gasteiger partial charge in [-0.15, -0.1) is 0 Å². The number of hydrogen-bond acceptors (Lipinski definition) is 3. The number of nitrogens with one attached hydrogen (secondary N) is 1. The van der Waals surface area contributed by atoms with Gasteiger partial charge in [0.15, 0.2) is 0 Å². The molecule has 0 spiro atoms. The molecule has 116 valence electrons. The zero-order valence-electron chi connectivity index (χ0n) is 11.3. The molecule has 1 fully saturated rings. The van der Waals surface area contributed by atoms with Gasteiger partial charge in [0, 0.05) is 16.6 Å². The maximum Gasteiger partial charge on any atom is 0.261 e. The van der Waals surface area contributed by atoms with Crippen LogP contribution in [0.5, 0.6) is 0 Å². The van der Waals surface area contributed by atoms with Crippen LogP contribution in [0, 0.1) is 12.8 Å². The summed E-state index contributed by atoms with van der Waals surface area (Å²) in [5.74, 6) is -0.189. The van der Waals surface area contributed by atoms with Crippen LogP contribution in [0.25, 0.3) is 0 Å². The predicted octanol–water partition coefficient (Wildman–Crippen LogP) is 4.36. The molecule has 1 N–H and O–H groups in total. The Labute approximate surface area is 138 Å². The Morgan fingerprint density at radius 3 is 2.38 bits per heavy atom. The number of halogens is 3. The van der Waals surface area contributed by atoms with E-state index in [1.165, 1.54) is 13.0 Å². The lowest BCUT2D eigenvalue weighted by molar-refractivity contribution is -0.119. The van der Waals surface area contributed by atoms with Gasteiger partial charge in [0.05, 0.1) is 20.6 Å². The highest BCUT2D eigenvalue weighted by Gasteiger charge is 2.26. The summed E-state index contributed by atoms with van der Waals surface area (Å²) in [6, 6.07) is 1.20. The third-order valence-electron chi connectivity index (χ3n) is 3.65. The van der Waals surface area contributed by atoms with Crippen molar-refractivity contribution < 1.29 is 13.2 Å². The van der Waals surface area contributed by atoms with E-state index in [0.29, 0.717) is 0 Å². The van der Waals surface area contributed by atoms with E-state index in [4.69, 9.17) is 33.9 Å². The number of rotatable bonds is 3. The van der Waals surface area contributed by atoms with Gasteiger partial charge in [-0.2, -0.15) is 0 Å². The van der Waals surface area contributed by atoms with Crippen LogP contribution in [0.2, 0.25) is 10.0 Å². The van der Waals surface area contributed by atoms with Crippen LogP contribution < -0.4 is 5.32 Å². The van der Waals surface area contributed by atoms with E-state index in [-0.39, 0.29) is 38.0 Å². The number of amides is 1. The van der Waals surface area contributed by atoms with Crippen LogP contribution >= 0.6 is 33.9 Å². The van der Waals surface area contributed by atoms with E-state index >= 15 is 0 Å². The van der Waals surface area contributed by atoms with Gasteiger partial charge in [0.2, 0.25) is 5.91 Å². The van der Waals surface area contributed by atoms with Crippen molar-refractivity contribution in [3.05, 3.63) is 21.7 Å². The molecule has 1 aromatic rings. The maximum atomic E-state index is 12.1. The lowest BCUT2D eigenvalue weighted by atomic mass is 10.1. The molecule has 0 radical (unpaired) electrons. The van der Waals surface area contributed by atoms with Crippen LogP contribution in [-0.4, -0.2) is 14.3 Å². The Hall–Kier alpha value is -0.490. The Kier molecular flexibility index (Phi) is 5.08. The van der Waals surface area contributed by atoms with Crippen molar-refractivity contribution in [1.29, 1.82) is 0 Å². The van der Waals surface area contributed by atoms with Crippen molar-refractivity contribution in [3.63, 3.8) is 0 Å². The molecule has 0 atom stereocenters. The highest BCUT2D eigenvalue weighted by Crippen LogP contribution is 2.39. The summed E-state index contributed by atoms with van der Waals surface area (Å²) >= 11 is 12.2. The van der Waals surface area contributed by atoms with E-state index in [0.717, 1.165) is 25.7 Å². The highest BCUT2D eigenvalue weighted by atomic mass is 35.7. The second kappa shape index (κ2) is 6.32. The van der Waals surface area contributed by atoms with Gasteiger partial charge in [-0.05, 0) is 31.4 Å². The van der Waals surface area contributed by atoms with Gasteiger partial charge in [0.25, 0.3) is 9.05 Å². The summed E-state index contributed by atoms with van der Waals surface area (Å²) in [6.45, 7) is 1.51. The quantitative estimate of drug-likeness (QED) is 0.804. The molecule has 8 heteroatoms. The predicted molar refractivity (Wildman–Crippen MR) is 84.8 cm³/mol. The first kappa shape index (κ1) is 16.9. The fourth-order valence-corrected chi connectivity index (χ4v) is 4.36. The van der Waals surface area contributed by atoms with Gasteiger partial charge in [-0.1, -0.05) is 36.0 Å². The van der Waals surface area contributed by atoms with Crippen molar-refractivity contribution >= 4 is 54.5 Å². The van der Waals surface area contributed by atoms with Crippen LogP contribution in [0.4, 0.5) is 5.69 Å². The summed E-state index contributed by atoms with van der Waals surface area (Å²) in [7, 11) is 1.39. The Bertz CT molecular complexity index is 682. The number of carbonyl (C=O) groups is 1. The summed E-state index contributed by atoms with van der Waals surface area (Å²) in [5, 5.41) is 2.84. The van der Waals surface area contributed by atoms with Crippen molar-refractivity contribution in [2.24, 2.45) is 5.92 Å². The zero-order valence-corrected chi connectivity index (χ0v) is 14.3. The standard InChI is InChI=1S/C13H14Cl3NO3S/c1-7-10(21(16,19)20)6-9(14)12(11(7)15)17-13(18)8-4-2-3-5-8/h6,8H,2-5H2,1H3,(H,17,18). The summed E-state index contributed by atoms with van der Waals surface area (Å²) in [5.41, 5.74) is 0.495. The van der Waals surface area contributed by atoms with E-state index in [1.54, 1.807) is 0 Å². The van der Waals surface area contributed by atoms with E-state index in [2.05, 4.69) is 5.32 Å². The fraction of sp³-hybridized carbons (Fsp3) is 0.462. The molecule has 21 heavy (non-hydrogen) atoms. The Balaban J connectivity index is 2.37. The molecule has 1 aromatic carbocycles. The van der Waals surface area contributed by atoms with Gasteiger partial charge in [0.1, 0.15) is 0 Å². The minimum atomic E-state index is -3.95. The molecule has 1 aliphatic carbocycles. The minimum absolute atomic E-state index is 0.0473. The molecule has 2 rings (SSSR count). The molecule has 1 aliphatic rings.